The third-order valence-electron chi connectivity index (χ3n) is 1.73. The van der Waals surface area contributed by atoms with E-state index in [2.05, 4.69) is 5.28 Å². The maximum absolute atomic E-state index is 10.7. The molecule has 0 bridgehead atoms. The lowest BCUT2D eigenvalue weighted by molar-refractivity contribution is -0.704. The fourth-order valence-corrected chi connectivity index (χ4v) is 2.22. The minimum absolute atomic E-state index is 0.0126. The van der Waals surface area contributed by atoms with E-state index in [0.717, 1.165) is 5.01 Å². The summed E-state index contributed by atoms with van der Waals surface area (Å²) in [6, 6.07) is 0.102. The van der Waals surface area contributed by atoms with Crippen LogP contribution in [-0.2, 0) is 4.43 Å². The molecule has 0 rings (SSSR count). The molecule has 90 valence electrons. The Balaban J connectivity index is 3.79. The molecule has 3 N–H and O–H groups in total. The van der Waals surface area contributed by atoms with Gasteiger partial charge in [0.2, 0.25) is 5.28 Å². The normalized spacial score (nSPS) is 12.9. The van der Waals surface area contributed by atoms with Gasteiger partial charge in [-0.2, -0.15) is 0 Å². The maximum Gasteiger partial charge on any atom is 0.495 e. The molecule has 0 aromatic carbocycles. The van der Waals surface area contributed by atoms with Gasteiger partial charge < -0.3 is 24.4 Å². The number of rotatable bonds is 7. The Morgan fingerprint density at radius 3 is 2.60 bits per heavy atom. The summed E-state index contributed by atoms with van der Waals surface area (Å²) in [7, 11) is -2.13. The van der Waals surface area contributed by atoms with Gasteiger partial charge in [-0.1, -0.05) is 0 Å². The highest BCUT2D eigenvalue weighted by atomic mass is 28.4. The van der Waals surface area contributed by atoms with Crippen molar-refractivity contribution in [3.05, 3.63) is 5.21 Å². The van der Waals surface area contributed by atoms with Crippen molar-refractivity contribution in [1.82, 2.24) is 5.01 Å². The Labute approximate surface area is 88.9 Å². The van der Waals surface area contributed by atoms with Gasteiger partial charge in [0.1, 0.15) is 0 Å². The van der Waals surface area contributed by atoms with Crippen molar-refractivity contribution in [1.29, 1.82) is 0 Å². The van der Waals surface area contributed by atoms with Crippen LogP contribution in [0.3, 0.4) is 0 Å². The average molecular weight is 239 g/mol. The van der Waals surface area contributed by atoms with Gasteiger partial charge in [0, 0.05) is 12.7 Å². The number of hydrogen-bond donors (Lipinski definition) is 3. The molecule has 0 spiro atoms. The van der Waals surface area contributed by atoms with Crippen molar-refractivity contribution >= 4 is 8.80 Å². The van der Waals surface area contributed by atoms with E-state index >= 15 is 0 Å². The third kappa shape index (κ3) is 6.22. The summed E-state index contributed by atoms with van der Waals surface area (Å²) in [4.78, 5) is 18.6. The first-order valence-electron chi connectivity index (χ1n) is 4.55. The molecule has 0 aliphatic heterocycles. The van der Waals surface area contributed by atoms with Crippen LogP contribution in [-0.4, -0.2) is 53.8 Å². The summed E-state index contributed by atoms with van der Waals surface area (Å²) in [6.45, 7) is 2.16. The lowest BCUT2D eigenvalue weighted by Gasteiger charge is -2.17. The molecule has 0 heterocycles. The third-order valence-corrected chi connectivity index (χ3v) is 3.48. The molecule has 0 aliphatic carbocycles. The van der Waals surface area contributed by atoms with Gasteiger partial charge in [-0.05, 0) is 13.3 Å². The first kappa shape index (κ1) is 14.1. The molecule has 0 aromatic rings. The standard InChI is InChI=1S/C6H17N3O5Si/c1-3-14-15(12,13)6-4-5-8(2)9(11)7-10/h10,12-13H,3-6H2,1-2H3. The average Bonchev–Trinajstić information content (AvgIpc) is 2.15. The highest BCUT2D eigenvalue weighted by Gasteiger charge is 2.31. The molecule has 0 saturated heterocycles. The van der Waals surface area contributed by atoms with Crippen molar-refractivity contribution in [2.75, 3.05) is 20.2 Å². The molecule has 0 atom stereocenters. The Kier molecular flexibility index (Phi) is 6.16. The summed E-state index contributed by atoms with van der Waals surface area (Å²) >= 11 is 0. The zero-order chi connectivity index (χ0) is 11.9. The lowest BCUT2D eigenvalue weighted by Crippen LogP contribution is -2.39. The summed E-state index contributed by atoms with van der Waals surface area (Å²) < 4.78 is 4.76. The smallest absolute Gasteiger partial charge is 0.495 e. The SMILES string of the molecule is CCO[Si](O)(O)CCCN(C)[N+]([O-])=NO. The van der Waals surface area contributed by atoms with Crippen LogP contribution in [0.25, 0.3) is 0 Å². The van der Waals surface area contributed by atoms with Gasteiger partial charge in [-0.15, -0.1) is 5.01 Å². The summed E-state index contributed by atoms with van der Waals surface area (Å²) in [5, 5.41) is 22.3. The van der Waals surface area contributed by atoms with Gasteiger partial charge >= 0.3 is 8.80 Å². The Morgan fingerprint density at radius 1 is 1.53 bits per heavy atom. The van der Waals surface area contributed by atoms with Crippen LogP contribution in [0.4, 0.5) is 0 Å². The van der Waals surface area contributed by atoms with E-state index in [9.17, 15) is 14.8 Å². The molecule has 15 heavy (non-hydrogen) atoms. The minimum Gasteiger partial charge on any atom is -0.569 e. The van der Waals surface area contributed by atoms with Gasteiger partial charge in [0.15, 0.2) is 0 Å². The molecular weight excluding hydrogens is 222 g/mol. The topological polar surface area (TPSA) is 112 Å². The van der Waals surface area contributed by atoms with E-state index in [1.165, 1.54) is 7.05 Å². The number of hydrogen-bond acceptors (Lipinski definition) is 5. The monoisotopic (exact) mass is 239 g/mol. The van der Waals surface area contributed by atoms with E-state index in [1.807, 2.05) is 0 Å². The molecular formula is C6H17N3O5Si. The van der Waals surface area contributed by atoms with Crippen molar-refractivity contribution in [3.63, 3.8) is 0 Å². The first-order valence-corrected chi connectivity index (χ1v) is 6.56. The van der Waals surface area contributed by atoms with Crippen molar-refractivity contribution < 1.29 is 24.2 Å². The molecule has 0 aliphatic rings. The second-order valence-corrected chi connectivity index (χ2v) is 5.28. The zero-order valence-electron chi connectivity index (χ0n) is 8.83. The molecule has 8 nitrogen and oxygen atoms in total. The quantitative estimate of drug-likeness (QED) is 0.240. The van der Waals surface area contributed by atoms with Crippen LogP contribution in [0.5, 0.6) is 0 Å². The summed E-state index contributed by atoms with van der Waals surface area (Å²) in [6.07, 6.45) is 0.365. The molecule has 0 unspecified atom stereocenters. The summed E-state index contributed by atoms with van der Waals surface area (Å²) in [5.41, 5.74) is 0. The predicted octanol–water partition coefficient (Wildman–Crippen LogP) is -0.465. The van der Waals surface area contributed by atoms with Crippen molar-refractivity contribution in [2.24, 2.45) is 5.28 Å². The second-order valence-electron chi connectivity index (χ2n) is 3.00. The van der Waals surface area contributed by atoms with Crippen LogP contribution in [0, 0.1) is 5.21 Å². The highest BCUT2D eigenvalue weighted by molar-refractivity contribution is 6.57. The first-order chi connectivity index (χ1) is 6.93. The highest BCUT2D eigenvalue weighted by Crippen LogP contribution is 2.07. The molecule has 9 heteroatoms. The molecule has 0 aromatic heterocycles. The van der Waals surface area contributed by atoms with Crippen molar-refractivity contribution in [2.45, 2.75) is 19.4 Å². The number of hydrazine groups is 1. The maximum atomic E-state index is 10.7. The van der Waals surface area contributed by atoms with Crippen LogP contribution < -0.4 is 0 Å². The zero-order valence-corrected chi connectivity index (χ0v) is 9.83. The van der Waals surface area contributed by atoms with Crippen LogP contribution >= 0.6 is 0 Å². The van der Waals surface area contributed by atoms with E-state index < -0.39 is 8.80 Å². The predicted molar refractivity (Wildman–Crippen MR) is 51.7 cm³/mol. The fraction of sp³-hybridized carbons (Fsp3) is 1.00. The van der Waals surface area contributed by atoms with Crippen LogP contribution in [0.1, 0.15) is 13.3 Å². The minimum atomic E-state index is -3.56. The van der Waals surface area contributed by atoms with E-state index in [0.29, 0.717) is 6.42 Å². The molecule has 0 fully saturated rings. The Hall–Kier alpha value is -0.903. The molecule has 0 saturated carbocycles. The summed E-state index contributed by atoms with van der Waals surface area (Å²) in [5.74, 6) is 0. The van der Waals surface area contributed by atoms with E-state index in [4.69, 9.17) is 9.63 Å². The second kappa shape index (κ2) is 6.56. The van der Waals surface area contributed by atoms with Crippen molar-refractivity contribution in [3.8, 4) is 0 Å². The lowest BCUT2D eigenvalue weighted by atomic mass is 10.5. The number of nitrogens with zero attached hydrogens (tertiary/aromatic N) is 3. The fourth-order valence-electron chi connectivity index (χ4n) is 0.995. The van der Waals surface area contributed by atoms with E-state index in [1.54, 1.807) is 6.92 Å². The van der Waals surface area contributed by atoms with Gasteiger partial charge in [0.25, 0.3) is 0 Å². The Morgan fingerprint density at radius 2 is 2.13 bits per heavy atom. The van der Waals surface area contributed by atoms with Gasteiger partial charge in [-0.3, -0.25) is 0 Å². The largest absolute Gasteiger partial charge is 0.569 e. The van der Waals surface area contributed by atoms with Crippen LogP contribution in [0.15, 0.2) is 5.28 Å². The molecule has 0 amide bonds. The van der Waals surface area contributed by atoms with Gasteiger partial charge in [-0.25, -0.2) is 0 Å². The Bertz CT molecular complexity index is 213. The van der Waals surface area contributed by atoms with Crippen LogP contribution in [0.2, 0.25) is 6.04 Å². The van der Waals surface area contributed by atoms with E-state index in [-0.39, 0.29) is 24.2 Å². The van der Waals surface area contributed by atoms with Gasteiger partial charge in [0.05, 0.1) is 18.6 Å². The molecule has 0 radical (unpaired) electrons.